The Labute approximate surface area is 154 Å². The summed E-state index contributed by atoms with van der Waals surface area (Å²) in [6.07, 6.45) is 1.83. The lowest BCUT2D eigenvalue weighted by Crippen LogP contribution is -2.49. The number of ether oxygens (including phenoxy) is 1. The summed E-state index contributed by atoms with van der Waals surface area (Å²) in [5, 5.41) is 2.99. The molecule has 0 radical (unpaired) electrons. The number of rotatable bonds is 7. The molecule has 2 heterocycles. The molecular formula is C20H26N4O2. The summed E-state index contributed by atoms with van der Waals surface area (Å²) in [5.74, 6) is 0.891. The summed E-state index contributed by atoms with van der Waals surface area (Å²) in [5.41, 5.74) is 2.16. The fourth-order valence-electron chi connectivity index (χ4n) is 3.03. The van der Waals surface area contributed by atoms with E-state index in [-0.39, 0.29) is 5.91 Å². The maximum atomic E-state index is 12.2. The Hall–Kier alpha value is -2.44. The highest BCUT2D eigenvalue weighted by molar-refractivity contribution is 5.78. The first-order chi connectivity index (χ1) is 12.7. The zero-order chi connectivity index (χ0) is 18.2. The Balaban J connectivity index is 1.36. The van der Waals surface area contributed by atoms with E-state index in [1.54, 1.807) is 7.11 Å². The van der Waals surface area contributed by atoms with Gasteiger partial charge in [-0.2, -0.15) is 0 Å². The fraction of sp³-hybridized carbons (Fsp3) is 0.400. The SMILES string of the molecule is COc1ccc(CNC(=O)CN2CCN(Cc3ccccn3)CC2)cc1. The van der Waals surface area contributed by atoms with Crippen LogP contribution < -0.4 is 10.1 Å². The topological polar surface area (TPSA) is 57.7 Å². The highest BCUT2D eigenvalue weighted by Crippen LogP contribution is 2.11. The first kappa shape index (κ1) is 18.4. The van der Waals surface area contributed by atoms with Crippen LogP contribution in [0.5, 0.6) is 5.75 Å². The molecule has 6 heteroatoms. The molecule has 0 atom stereocenters. The fourth-order valence-corrected chi connectivity index (χ4v) is 3.03. The van der Waals surface area contributed by atoms with Crippen LogP contribution in [0.25, 0.3) is 0 Å². The molecule has 3 rings (SSSR count). The Bertz CT molecular complexity index is 683. The van der Waals surface area contributed by atoms with Crippen molar-refractivity contribution in [2.24, 2.45) is 0 Å². The van der Waals surface area contributed by atoms with Gasteiger partial charge in [0.25, 0.3) is 0 Å². The highest BCUT2D eigenvalue weighted by Gasteiger charge is 2.19. The predicted molar refractivity (Wildman–Crippen MR) is 101 cm³/mol. The van der Waals surface area contributed by atoms with Crippen molar-refractivity contribution in [1.82, 2.24) is 20.1 Å². The molecule has 6 nitrogen and oxygen atoms in total. The van der Waals surface area contributed by atoms with E-state index >= 15 is 0 Å². The second-order valence-electron chi connectivity index (χ2n) is 6.50. The maximum absolute atomic E-state index is 12.2. The van der Waals surface area contributed by atoms with Gasteiger partial charge in [0.1, 0.15) is 5.75 Å². The van der Waals surface area contributed by atoms with Crippen molar-refractivity contribution in [2.45, 2.75) is 13.1 Å². The van der Waals surface area contributed by atoms with E-state index < -0.39 is 0 Å². The number of methoxy groups -OCH3 is 1. The third kappa shape index (κ3) is 5.54. The number of aromatic nitrogens is 1. The molecule has 1 saturated heterocycles. The summed E-state index contributed by atoms with van der Waals surface area (Å²) in [7, 11) is 1.65. The van der Waals surface area contributed by atoms with E-state index in [0.717, 1.165) is 49.7 Å². The van der Waals surface area contributed by atoms with Crippen molar-refractivity contribution in [3.63, 3.8) is 0 Å². The first-order valence-corrected chi connectivity index (χ1v) is 8.97. The Kier molecular flexibility index (Phi) is 6.57. The van der Waals surface area contributed by atoms with Gasteiger partial charge < -0.3 is 10.1 Å². The van der Waals surface area contributed by atoms with Crippen LogP contribution in [0.4, 0.5) is 0 Å². The molecule has 1 N–H and O–H groups in total. The molecule has 0 saturated carbocycles. The second kappa shape index (κ2) is 9.31. The van der Waals surface area contributed by atoms with Gasteiger partial charge in [-0.25, -0.2) is 0 Å². The zero-order valence-electron chi connectivity index (χ0n) is 15.2. The Morgan fingerprint density at radius 2 is 1.81 bits per heavy atom. The summed E-state index contributed by atoms with van der Waals surface area (Å²) in [6, 6.07) is 13.8. The second-order valence-corrected chi connectivity index (χ2v) is 6.50. The van der Waals surface area contributed by atoms with Crippen molar-refractivity contribution in [3.05, 3.63) is 59.9 Å². The van der Waals surface area contributed by atoms with Gasteiger partial charge in [-0.15, -0.1) is 0 Å². The number of hydrogen-bond acceptors (Lipinski definition) is 5. The summed E-state index contributed by atoms with van der Waals surface area (Å²) >= 11 is 0. The molecule has 1 aliphatic heterocycles. The molecule has 0 aliphatic carbocycles. The predicted octanol–water partition coefficient (Wildman–Crippen LogP) is 1.52. The molecule has 138 valence electrons. The van der Waals surface area contributed by atoms with Gasteiger partial charge >= 0.3 is 0 Å². The lowest BCUT2D eigenvalue weighted by atomic mass is 10.2. The minimum absolute atomic E-state index is 0.0685. The lowest BCUT2D eigenvalue weighted by Gasteiger charge is -2.34. The number of nitrogens with one attached hydrogen (secondary N) is 1. The van der Waals surface area contributed by atoms with E-state index in [2.05, 4.69) is 26.2 Å². The summed E-state index contributed by atoms with van der Waals surface area (Å²) in [4.78, 5) is 21.1. The van der Waals surface area contributed by atoms with Crippen LogP contribution in [0.3, 0.4) is 0 Å². The van der Waals surface area contributed by atoms with Crippen molar-refractivity contribution >= 4 is 5.91 Å². The molecule has 1 aromatic carbocycles. The number of amides is 1. The van der Waals surface area contributed by atoms with Crippen molar-refractivity contribution in [2.75, 3.05) is 39.8 Å². The standard InChI is InChI=1S/C20H26N4O2/c1-26-19-7-5-17(6-8-19)14-22-20(25)16-24-12-10-23(11-13-24)15-18-4-2-3-9-21-18/h2-9H,10-16H2,1H3,(H,22,25). The van der Waals surface area contributed by atoms with Gasteiger partial charge in [-0.1, -0.05) is 18.2 Å². The first-order valence-electron chi connectivity index (χ1n) is 8.97. The summed E-state index contributed by atoms with van der Waals surface area (Å²) < 4.78 is 5.14. The number of carbonyl (C=O) groups excluding carboxylic acids is 1. The van der Waals surface area contributed by atoms with Crippen molar-refractivity contribution < 1.29 is 9.53 Å². The van der Waals surface area contributed by atoms with Crippen molar-refractivity contribution in [3.8, 4) is 5.75 Å². The minimum atomic E-state index is 0.0685. The Morgan fingerprint density at radius 1 is 1.08 bits per heavy atom. The molecule has 0 spiro atoms. The van der Waals surface area contributed by atoms with E-state index in [0.29, 0.717) is 13.1 Å². The number of benzene rings is 1. The van der Waals surface area contributed by atoms with E-state index in [4.69, 9.17) is 4.74 Å². The van der Waals surface area contributed by atoms with Gasteiger partial charge in [0.15, 0.2) is 0 Å². The number of piperazine rings is 1. The molecule has 1 amide bonds. The largest absolute Gasteiger partial charge is 0.497 e. The number of nitrogens with zero attached hydrogens (tertiary/aromatic N) is 3. The average molecular weight is 354 g/mol. The quantitative estimate of drug-likeness (QED) is 0.817. The molecule has 1 fully saturated rings. The van der Waals surface area contributed by atoms with Crippen LogP contribution in [0.2, 0.25) is 0 Å². The molecule has 1 aromatic heterocycles. The number of pyridine rings is 1. The van der Waals surface area contributed by atoms with E-state index in [1.165, 1.54) is 0 Å². The monoisotopic (exact) mass is 354 g/mol. The van der Waals surface area contributed by atoms with Crippen LogP contribution in [-0.2, 0) is 17.9 Å². The third-order valence-electron chi connectivity index (χ3n) is 4.59. The lowest BCUT2D eigenvalue weighted by molar-refractivity contribution is -0.122. The van der Waals surface area contributed by atoms with E-state index in [9.17, 15) is 4.79 Å². The van der Waals surface area contributed by atoms with E-state index in [1.807, 2.05) is 42.6 Å². The van der Waals surface area contributed by atoms with Crippen LogP contribution in [0.15, 0.2) is 48.7 Å². The summed E-state index contributed by atoms with van der Waals surface area (Å²) in [6.45, 7) is 5.60. The van der Waals surface area contributed by atoms with Crippen LogP contribution >= 0.6 is 0 Å². The smallest absolute Gasteiger partial charge is 0.234 e. The average Bonchev–Trinajstić information content (AvgIpc) is 2.69. The van der Waals surface area contributed by atoms with Gasteiger partial charge in [0.05, 0.1) is 19.3 Å². The molecule has 2 aromatic rings. The van der Waals surface area contributed by atoms with Crippen LogP contribution in [0.1, 0.15) is 11.3 Å². The molecule has 1 aliphatic rings. The van der Waals surface area contributed by atoms with Crippen LogP contribution in [0, 0.1) is 0 Å². The van der Waals surface area contributed by atoms with Gasteiger partial charge in [-0.05, 0) is 29.8 Å². The van der Waals surface area contributed by atoms with Crippen molar-refractivity contribution in [1.29, 1.82) is 0 Å². The molecule has 0 unspecified atom stereocenters. The Morgan fingerprint density at radius 3 is 2.46 bits per heavy atom. The number of carbonyl (C=O) groups is 1. The minimum Gasteiger partial charge on any atom is -0.497 e. The van der Waals surface area contributed by atoms with Gasteiger partial charge in [-0.3, -0.25) is 19.6 Å². The molecule has 26 heavy (non-hydrogen) atoms. The third-order valence-corrected chi connectivity index (χ3v) is 4.59. The number of hydrogen-bond donors (Lipinski definition) is 1. The zero-order valence-corrected chi connectivity index (χ0v) is 15.2. The molecular weight excluding hydrogens is 328 g/mol. The maximum Gasteiger partial charge on any atom is 0.234 e. The molecule has 0 bridgehead atoms. The van der Waals surface area contributed by atoms with Crippen LogP contribution in [-0.4, -0.2) is 60.5 Å². The highest BCUT2D eigenvalue weighted by atomic mass is 16.5. The normalized spacial score (nSPS) is 15.6. The van der Waals surface area contributed by atoms with Gasteiger partial charge in [0.2, 0.25) is 5.91 Å². The van der Waals surface area contributed by atoms with Gasteiger partial charge in [0, 0.05) is 45.5 Å².